The Hall–Kier alpha value is -3.58. The number of nitrogens with one attached hydrogen (secondary N) is 1. The normalized spacial score (nSPS) is 13.5. The molecule has 4 rings (SSSR count). The molecule has 0 saturated heterocycles. The first-order valence-corrected chi connectivity index (χ1v) is 10.6. The maximum Gasteiger partial charge on any atom is 0.255 e. The van der Waals surface area contributed by atoms with E-state index in [1.54, 1.807) is 23.1 Å². The largest absolute Gasteiger partial charge is 0.493 e. The number of ether oxygens (including phenoxy) is 2. The Labute approximate surface area is 195 Å². The second-order valence-electron chi connectivity index (χ2n) is 7.60. The van der Waals surface area contributed by atoms with Crippen molar-refractivity contribution in [3.63, 3.8) is 0 Å². The Bertz CT molecular complexity index is 1220. The Kier molecular flexibility index (Phi) is 6.51. The van der Waals surface area contributed by atoms with Crippen molar-refractivity contribution in [1.82, 2.24) is 4.90 Å². The summed E-state index contributed by atoms with van der Waals surface area (Å²) in [5.41, 5.74) is 2.61. The molecule has 1 heterocycles. The van der Waals surface area contributed by atoms with Crippen LogP contribution in [0.25, 0.3) is 0 Å². The molecule has 0 saturated carbocycles. The highest BCUT2D eigenvalue weighted by atomic mass is 35.5. The fourth-order valence-electron chi connectivity index (χ4n) is 3.96. The van der Waals surface area contributed by atoms with E-state index in [-0.39, 0.29) is 23.3 Å². The number of hydrogen-bond acceptors (Lipinski definition) is 4. The fraction of sp³-hybridized carbons (Fsp3) is 0.200. The zero-order valence-corrected chi connectivity index (χ0v) is 18.9. The van der Waals surface area contributed by atoms with Gasteiger partial charge in [0.2, 0.25) is 5.91 Å². The number of halogens is 2. The lowest BCUT2D eigenvalue weighted by molar-refractivity contribution is -0.117. The van der Waals surface area contributed by atoms with Gasteiger partial charge in [-0.2, -0.15) is 0 Å². The lowest BCUT2D eigenvalue weighted by Gasteiger charge is -2.28. The number of anilines is 1. The van der Waals surface area contributed by atoms with Crippen LogP contribution in [-0.4, -0.2) is 30.9 Å². The summed E-state index contributed by atoms with van der Waals surface area (Å²) >= 11 is 5.83. The third kappa shape index (κ3) is 4.64. The summed E-state index contributed by atoms with van der Waals surface area (Å²) in [6.07, 6.45) is -0.0236. The predicted octanol–water partition coefficient (Wildman–Crippen LogP) is 5.22. The van der Waals surface area contributed by atoms with Crippen LogP contribution in [0.4, 0.5) is 10.1 Å². The first-order chi connectivity index (χ1) is 15.9. The van der Waals surface area contributed by atoms with Crippen LogP contribution in [0, 0.1) is 5.82 Å². The van der Waals surface area contributed by atoms with Crippen molar-refractivity contribution in [2.75, 3.05) is 19.5 Å². The van der Waals surface area contributed by atoms with E-state index in [0.717, 1.165) is 11.1 Å². The summed E-state index contributed by atoms with van der Waals surface area (Å²) in [7, 11) is 3.06. The Morgan fingerprint density at radius 1 is 1.09 bits per heavy atom. The molecule has 170 valence electrons. The van der Waals surface area contributed by atoms with Crippen molar-refractivity contribution in [3.8, 4) is 11.5 Å². The van der Waals surface area contributed by atoms with E-state index in [2.05, 4.69) is 5.32 Å². The smallest absolute Gasteiger partial charge is 0.255 e. The molecule has 3 aromatic carbocycles. The lowest BCUT2D eigenvalue weighted by atomic mass is 10.0. The van der Waals surface area contributed by atoms with Gasteiger partial charge in [-0.15, -0.1) is 0 Å². The van der Waals surface area contributed by atoms with Gasteiger partial charge in [0.1, 0.15) is 5.82 Å². The minimum Gasteiger partial charge on any atom is -0.493 e. The van der Waals surface area contributed by atoms with Gasteiger partial charge in [-0.3, -0.25) is 9.59 Å². The molecule has 0 aromatic heterocycles. The van der Waals surface area contributed by atoms with E-state index < -0.39 is 11.9 Å². The van der Waals surface area contributed by atoms with E-state index in [9.17, 15) is 14.0 Å². The quantitative estimate of drug-likeness (QED) is 0.516. The summed E-state index contributed by atoms with van der Waals surface area (Å²) in [6.45, 7) is 0.379. The van der Waals surface area contributed by atoms with Gasteiger partial charge in [-0.25, -0.2) is 4.39 Å². The van der Waals surface area contributed by atoms with Gasteiger partial charge in [-0.05, 0) is 47.5 Å². The van der Waals surface area contributed by atoms with Crippen LogP contribution in [0.5, 0.6) is 11.5 Å². The number of nitrogens with zero attached hydrogens (tertiary/aromatic N) is 1. The van der Waals surface area contributed by atoms with Crippen LogP contribution in [-0.2, 0) is 11.3 Å². The number of benzene rings is 3. The molecule has 3 aromatic rings. The molecule has 1 aliphatic rings. The van der Waals surface area contributed by atoms with E-state index >= 15 is 0 Å². The molecule has 1 aliphatic heterocycles. The molecule has 33 heavy (non-hydrogen) atoms. The van der Waals surface area contributed by atoms with Crippen LogP contribution < -0.4 is 14.8 Å². The van der Waals surface area contributed by atoms with Crippen LogP contribution in [0.1, 0.15) is 33.9 Å². The van der Waals surface area contributed by atoms with Gasteiger partial charge in [0.05, 0.1) is 31.7 Å². The summed E-state index contributed by atoms with van der Waals surface area (Å²) in [4.78, 5) is 27.8. The summed E-state index contributed by atoms with van der Waals surface area (Å²) in [6, 6.07) is 16.1. The highest BCUT2D eigenvalue weighted by Gasteiger charge is 2.35. The fourth-order valence-corrected chi connectivity index (χ4v) is 4.14. The van der Waals surface area contributed by atoms with Crippen molar-refractivity contribution in [2.45, 2.75) is 19.0 Å². The monoisotopic (exact) mass is 468 g/mol. The maximum absolute atomic E-state index is 13.5. The molecular weight excluding hydrogens is 447 g/mol. The zero-order valence-electron chi connectivity index (χ0n) is 18.1. The predicted molar refractivity (Wildman–Crippen MR) is 123 cm³/mol. The Morgan fingerprint density at radius 3 is 2.55 bits per heavy atom. The van der Waals surface area contributed by atoms with Gasteiger partial charge >= 0.3 is 0 Å². The molecule has 0 aliphatic carbocycles. The molecule has 8 heteroatoms. The molecule has 1 atom stereocenters. The topological polar surface area (TPSA) is 67.9 Å². The number of carbonyl (C=O) groups excluding carboxylic acids is 2. The molecular formula is C25H22ClFN2O4. The SMILES string of the molecule is COc1ccc(C(CC(=O)Nc2ccc(F)c(Cl)c2)N2Cc3ccccc3C2=O)cc1OC. The Balaban J connectivity index is 1.65. The average molecular weight is 469 g/mol. The standard InChI is InChI=1S/C25H22ClFN2O4/c1-32-22-10-7-15(11-23(22)33-2)21(29-14-16-5-3-4-6-18(16)25(29)31)13-24(30)28-17-8-9-20(27)19(26)12-17/h3-12,21H,13-14H2,1-2H3,(H,28,30). The van der Waals surface area contributed by atoms with E-state index in [1.807, 2.05) is 24.3 Å². The lowest BCUT2D eigenvalue weighted by Crippen LogP contribution is -2.32. The number of fused-ring (bicyclic) bond motifs is 1. The summed E-state index contributed by atoms with van der Waals surface area (Å²) < 4.78 is 24.2. The van der Waals surface area contributed by atoms with E-state index in [1.165, 1.54) is 32.4 Å². The third-order valence-corrected chi connectivity index (χ3v) is 5.89. The molecule has 0 spiro atoms. The summed E-state index contributed by atoms with van der Waals surface area (Å²) in [5.74, 6) is -0.0288. The number of rotatable bonds is 7. The van der Waals surface area contributed by atoms with Gasteiger partial charge in [-0.1, -0.05) is 35.9 Å². The molecule has 1 unspecified atom stereocenters. The number of carbonyl (C=O) groups is 2. The number of methoxy groups -OCH3 is 2. The van der Waals surface area contributed by atoms with Crippen molar-refractivity contribution in [3.05, 3.63) is 88.2 Å². The van der Waals surface area contributed by atoms with Crippen LogP contribution in [0.15, 0.2) is 60.7 Å². The molecule has 2 amide bonds. The Morgan fingerprint density at radius 2 is 1.85 bits per heavy atom. The maximum atomic E-state index is 13.5. The minimum absolute atomic E-state index is 0.0236. The van der Waals surface area contributed by atoms with Crippen molar-refractivity contribution < 1.29 is 23.5 Å². The van der Waals surface area contributed by atoms with Gasteiger partial charge in [0.15, 0.2) is 11.5 Å². The van der Waals surface area contributed by atoms with Crippen molar-refractivity contribution >= 4 is 29.1 Å². The van der Waals surface area contributed by atoms with Gasteiger partial charge < -0.3 is 19.7 Å². The van der Waals surface area contributed by atoms with Crippen LogP contribution >= 0.6 is 11.6 Å². The van der Waals surface area contributed by atoms with Crippen LogP contribution in [0.2, 0.25) is 5.02 Å². The second-order valence-corrected chi connectivity index (χ2v) is 8.01. The third-order valence-electron chi connectivity index (χ3n) is 5.60. The minimum atomic E-state index is -0.571. The highest BCUT2D eigenvalue weighted by molar-refractivity contribution is 6.31. The summed E-state index contributed by atoms with van der Waals surface area (Å²) in [5, 5.41) is 2.65. The highest BCUT2D eigenvalue weighted by Crippen LogP contribution is 2.37. The van der Waals surface area contributed by atoms with Crippen molar-refractivity contribution in [1.29, 1.82) is 0 Å². The van der Waals surface area contributed by atoms with Gasteiger partial charge in [0, 0.05) is 17.8 Å². The second kappa shape index (κ2) is 9.50. The van der Waals surface area contributed by atoms with Gasteiger partial charge in [0.25, 0.3) is 5.91 Å². The zero-order chi connectivity index (χ0) is 23.5. The number of amides is 2. The number of hydrogen-bond donors (Lipinski definition) is 1. The van der Waals surface area contributed by atoms with Crippen LogP contribution in [0.3, 0.4) is 0 Å². The van der Waals surface area contributed by atoms with E-state index in [4.69, 9.17) is 21.1 Å². The molecule has 0 bridgehead atoms. The molecule has 0 fully saturated rings. The molecule has 6 nitrogen and oxygen atoms in total. The molecule has 1 N–H and O–H groups in total. The first-order valence-electron chi connectivity index (χ1n) is 10.3. The van der Waals surface area contributed by atoms with Crippen molar-refractivity contribution in [2.24, 2.45) is 0 Å². The molecule has 0 radical (unpaired) electrons. The average Bonchev–Trinajstić information content (AvgIpc) is 3.15. The first kappa shape index (κ1) is 22.6. The van der Waals surface area contributed by atoms with E-state index in [0.29, 0.717) is 29.3 Å².